The van der Waals surface area contributed by atoms with Gasteiger partial charge in [-0.15, -0.1) is 0 Å². The molecular weight excluding hydrogens is 795 g/mol. The molecule has 4 aliphatic rings. The Bertz CT molecular complexity index is 2180. The fraction of sp³-hybridized carbons (Fsp3) is 0.429. The highest BCUT2D eigenvalue weighted by Gasteiger charge is 2.50. The third-order valence-corrected chi connectivity index (χ3v) is 14.3. The van der Waals surface area contributed by atoms with Gasteiger partial charge in [0.05, 0.1) is 26.1 Å². The van der Waals surface area contributed by atoms with Crippen LogP contribution >= 0.6 is 0 Å². The lowest BCUT2D eigenvalue weighted by Crippen LogP contribution is -2.49. The van der Waals surface area contributed by atoms with Crippen molar-refractivity contribution in [3.05, 3.63) is 108 Å². The summed E-state index contributed by atoms with van der Waals surface area (Å²) in [6.45, 7) is 0. The van der Waals surface area contributed by atoms with Crippen LogP contribution in [0.1, 0.15) is 61.5 Å². The molecule has 0 amide bonds. The summed E-state index contributed by atoms with van der Waals surface area (Å²) in [7, 11) is -1.84. The maximum absolute atomic E-state index is 13.1. The minimum Gasteiger partial charge on any atom is -0.469 e. The lowest BCUT2D eigenvalue weighted by Gasteiger charge is -2.41. The lowest BCUT2D eigenvalue weighted by atomic mass is 9.76. The molecule has 6 unspecified atom stereocenters. The van der Waals surface area contributed by atoms with Gasteiger partial charge in [0.1, 0.15) is 21.4 Å². The summed E-state index contributed by atoms with van der Waals surface area (Å²) in [5.74, 6) is -0.775. The SMILES string of the molecule is COC(=O)C1C(c2ccc(F)cc2)CC2CC[C@H]1N2C.COC(=O)C1C(c2ccc(F)cc2)CC2CC[C@H]1N2C.O=S(=O)(O)c1cccc2c(S(=O)(=O)O)cccc12. The lowest BCUT2D eigenvalue weighted by molar-refractivity contribution is -0.151. The molecule has 0 saturated carbocycles. The van der Waals surface area contributed by atoms with Crippen LogP contribution in [0.2, 0.25) is 0 Å². The monoisotopic (exact) mass is 842 g/mol. The first-order valence-corrected chi connectivity index (χ1v) is 21.9. The van der Waals surface area contributed by atoms with Crippen molar-refractivity contribution in [2.45, 2.75) is 84.3 Å². The minimum atomic E-state index is -4.47. The van der Waals surface area contributed by atoms with Gasteiger partial charge in [-0.1, -0.05) is 48.5 Å². The van der Waals surface area contributed by atoms with Gasteiger partial charge in [0.25, 0.3) is 20.2 Å². The van der Waals surface area contributed by atoms with Crippen LogP contribution in [0.3, 0.4) is 0 Å². The van der Waals surface area contributed by atoms with E-state index in [0.717, 1.165) is 61.8 Å². The number of ether oxygens (including phenoxy) is 2. The Morgan fingerprint density at radius 3 is 1.24 bits per heavy atom. The number of benzene rings is 4. The molecule has 58 heavy (non-hydrogen) atoms. The minimum absolute atomic E-state index is 0.0233. The molecule has 4 saturated heterocycles. The van der Waals surface area contributed by atoms with Crippen molar-refractivity contribution >= 4 is 42.9 Å². The van der Waals surface area contributed by atoms with Crippen molar-refractivity contribution in [1.29, 1.82) is 0 Å². The molecule has 312 valence electrons. The van der Waals surface area contributed by atoms with E-state index in [1.165, 1.54) is 62.8 Å². The van der Waals surface area contributed by atoms with Crippen LogP contribution < -0.4 is 0 Å². The predicted octanol–water partition coefficient (Wildman–Crippen LogP) is 6.46. The van der Waals surface area contributed by atoms with E-state index >= 15 is 0 Å². The Hall–Kier alpha value is -4.32. The molecule has 2 N–H and O–H groups in total. The van der Waals surface area contributed by atoms with Gasteiger partial charge in [-0.2, -0.15) is 16.8 Å². The number of carbonyl (C=O) groups is 2. The van der Waals surface area contributed by atoms with Gasteiger partial charge in [-0.25, -0.2) is 8.78 Å². The summed E-state index contributed by atoms with van der Waals surface area (Å²) in [6, 6.07) is 22.2. The summed E-state index contributed by atoms with van der Waals surface area (Å²) in [5.41, 5.74) is 2.10. The third kappa shape index (κ3) is 8.97. The Morgan fingerprint density at radius 1 is 0.586 bits per heavy atom. The molecule has 0 radical (unpaired) electrons. The molecule has 4 fully saturated rings. The van der Waals surface area contributed by atoms with E-state index in [-0.39, 0.29) is 70.1 Å². The number of methoxy groups -OCH3 is 2. The predicted molar refractivity (Wildman–Crippen MR) is 211 cm³/mol. The van der Waals surface area contributed by atoms with Gasteiger partial charge >= 0.3 is 11.9 Å². The van der Waals surface area contributed by atoms with Crippen LogP contribution in [0.5, 0.6) is 0 Å². The van der Waals surface area contributed by atoms with Crippen molar-refractivity contribution in [3.63, 3.8) is 0 Å². The second-order valence-electron chi connectivity index (χ2n) is 15.4. The standard InChI is InChI=1S/2C16H20FNO2.C10H8O6S2/c2*1-18-12-7-8-14(18)15(16(19)20-2)13(9-12)10-3-5-11(17)6-4-10;11-17(12,13)9-5-1-3-7-8(9)4-2-6-10(7)18(14,15)16/h2*3-6,12-15H,7-9H2,1-2H3;1-6H,(H,11,12,13)(H,14,15,16)/t2*12?,13?,14-,15?;/m11./s1. The van der Waals surface area contributed by atoms with Gasteiger partial charge in [0.15, 0.2) is 0 Å². The van der Waals surface area contributed by atoms with Crippen molar-refractivity contribution in [2.24, 2.45) is 11.8 Å². The zero-order valence-corrected chi connectivity index (χ0v) is 34.2. The summed E-state index contributed by atoms with van der Waals surface area (Å²) in [4.78, 5) is 28.3. The fourth-order valence-corrected chi connectivity index (χ4v) is 11.1. The maximum Gasteiger partial charge on any atom is 0.310 e. The summed E-state index contributed by atoms with van der Waals surface area (Å²) in [6.07, 6.45) is 6.23. The van der Waals surface area contributed by atoms with Crippen molar-refractivity contribution < 1.29 is 53.8 Å². The molecule has 4 bridgehead atoms. The van der Waals surface area contributed by atoms with Crippen LogP contribution in [0.4, 0.5) is 8.78 Å². The number of rotatable bonds is 6. The highest BCUT2D eigenvalue weighted by Crippen LogP contribution is 2.48. The summed E-state index contributed by atoms with van der Waals surface area (Å²) >= 11 is 0. The van der Waals surface area contributed by atoms with Crippen LogP contribution in [0, 0.1) is 23.5 Å². The van der Waals surface area contributed by atoms with Gasteiger partial charge in [-0.05, 0) is 100 Å². The third-order valence-electron chi connectivity index (χ3n) is 12.5. The Morgan fingerprint density at radius 2 is 0.931 bits per heavy atom. The Kier molecular flexibility index (Phi) is 13.0. The molecule has 0 aliphatic carbocycles. The fourth-order valence-electron chi connectivity index (χ4n) is 9.66. The largest absolute Gasteiger partial charge is 0.469 e. The van der Waals surface area contributed by atoms with Gasteiger partial charge in [0, 0.05) is 46.8 Å². The number of carbonyl (C=O) groups excluding carboxylic acids is 2. The van der Waals surface area contributed by atoms with E-state index in [1.54, 1.807) is 24.3 Å². The molecule has 16 heteroatoms. The highest BCUT2D eigenvalue weighted by atomic mass is 32.2. The molecule has 8 atom stereocenters. The average molecular weight is 843 g/mol. The van der Waals surface area contributed by atoms with Gasteiger partial charge in [-0.3, -0.25) is 28.5 Å². The quantitative estimate of drug-likeness (QED) is 0.161. The Balaban J connectivity index is 0.000000147. The first-order valence-electron chi connectivity index (χ1n) is 19.0. The molecule has 4 aromatic carbocycles. The van der Waals surface area contributed by atoms with Crippen molar-refractivity contribution in [3.8, 4) is 0 Å². The second kappa shape index (κ2) is 17.5. The van der Waals surface area contributed by atoms with E-state index in [0.29, 0.717) is 12.1 Å². The highest BCUT2D eigenvalue weighted by molar-refractivity contribution is 7.86. The van der Waals surface area contributed by atoms with E-state index in [4.69, 9.17) is 18.6 Å². The summed E-state index contributed by atoms with van der Waals surface area (Å²) < 4.78 is 98.9. The first-order chi connectivity index (χ1) is 27.4. The molecular formula is C42H48F2N2O10S2. The normalized spacial score (nSPS) is 26.8. The maximum atomic E-state index is 13.1. The van der Waals surface area contributed by atoms with Gasteiger partial charge in [0.2, 0.25) is 0 Å². The number of nitrogens with zero attached hydrogens (tertiary/aromatic N) is 2. The zero-order chi connectivity index (χ0) is 42.1. The zero-order valence-electron chi connectivity index (χ0n) is 32.6. The van der Waals surface area contributed by atoms with Crippen LogP contribution in [-0.4, -0.2) is 100 Å². The molecule has 0 aromatic heterocycles. The number of hydrogen-bond acceptors (Lipinski definition) is 10. The molecule has 12 nitrogen and oxygen atoms in total. The summed E-state index contributed by atoms with van der Waals surface area (Å²) in [5, 5.41) is 0.0465. The molecule has 4 aromatic rings. The molecule has 4 aliphatic heterocycles. The number of fused-ring (bicyclic) bond motifs is 5. The van der Waals surface area contributed by atoms with E-state index in [2.05, 4.69) is 23.9 Å². The number of hydrogen-bond donors (Lipinski definition) is 2. The first kappa shape index (κ1) is 43.3. The second-order valence-corrected chi connectivity index (χ2v) is 18.2. The molecule has 8 rings (SSSR count). The van der Waals surface area contributed by atoms with Crippen LogP contribution in [0.25, 0.3) is 10.8 Å². The number of piperidine rings is 2. The van der Waals surface area contributed by atoms with Crippen LogP contribution in [0.15, 0.2) is 94.7 Å². The van der Waals surface area contributed by atoms with Crippen molar-refractivity contribution in [1.82, 2.24) is 9.80 Å². The topological polar surface area (TPSA) is 168 Å². The smallest absolute Gasteiger partial charge is 0.310 e. The number of esters is 2. The van der Waals surface area contributed by atoms with Crippen molar-refractivity contribution in [2.75, 3.05) is 28.3 Å². The van der Waals surface area contributed by atoms with Gasteiger partial charge < -0.3 is 9.47 Å². The molecule has 0 spiro atoms. The average Bonchev–Trinajstić information content (AvgIpc) is 3.55. The number of halogens is 2. The van der Waals surface area contributed by atoms with Crippen LogP contribution in [-0.2, 0) is 39.3 Å². The van der Waals surface area contributed by atoms with E-state index in [1.807, 2.05) is 0 Å². The molecule has 4 heterocycles. The Labute approximate surface area is 337 Å². The van der Waals surface area contributed by atoms with E-state index in [9.17, 15) is 35.2 Å². The van der Waals surface area contributed by atoms with E-state index < -0.39 is 30.0 Å².